The molecule has 2 heterocycles. The van der Waals surface area contributed by atoms with Gasteiger partial charge in [0.15, 0.2) is 0 Å². The fourth-order valence-electron chi connectivity index (χ4n) is 3.62. The Bertz CT molecular complexity index is 1040. The second-order valence-corrected chi connectivity index (χ2v) is 7.39. The maximum absolute atomic E-state index is 13.0. The van der Waals surface area contributed by atoms with E-state index in [0.717, 1.165) is 30.1 Å². The molecule has 0 radical (unpaired) electrons. The first-order valence-electron chi connectivity index (χ1n) is 9.82. The number of methoxy groups -OCH3 is 1. The van der Waals surface area contributed by atoms with Crippen LogP contribution in [-0.2, 0) is 13.1 Å². The summed E-state index contributed by atoms with van der Waals surface area (Å²) < 4.78 is 7.07. The zero-order chi connectivity index (χ0) is 20.4. The second-order valence-electron chi connectivity index (χ2n) is 7.39. The predicted molar refractivity (Wildman–Crippen MR) is 115 cm³/mol. The average Bonchev–Trinajstić information content (AvgIpc) is 2.77. The average molecular weight is 390 g/mol. The van der Waals surface area contributed by atoms with Crippen molar-refractivity contribution in [3.63, 3.8) is 0 Å². The van der Waals surface area contributed by atoms with Gasteiger partial charge in [-0.15, -0.1) is 0 Å². The van der Waals surface area contributed by atoms with Gasteiger partial charge >= 0.3 is 0 Å². The van der Waals surface area contributed by atoms with Crippen LogP contribution in [0, 0.1) is 13.8 Å². The van der Waals surface area contributed by atoms with Crippen molar-refractivity contribution in [3.05, 3.63) is 81.8 Å². The Balaban J connectivity index is 1.68. The summed E-state index contributed by atoms with van der Waals surface area (Å²) in [5.41, 5.74) is 3.78. The number of nitrogens with zero attached hydrogens (tertiary/aromatic N) is 4. The van der Waals surface area contributed by atoms with E-state index in [0.29, 0.717) is 24.8 Å². The third kappa shape index (κ3) is 3.89. The maximum atomic E-state index is 13.0. The molecule has 1 aromatic heterocycles. The molecule has 0 atom stereocenters. The topological polar surface area (TPSA) is 50.6 Å². The molecule has 0 amide bonds. The van der Waals surface area contributed by atoms with Gasteiger partial charge in [0.05, 0.1) is 20.4 Å². The fraction of sp³-hybridized carbons (Fsp3) is 0.304. The molecule has 0 aliphatic carbocycles. The van der Waals surface area contributed by atoms with Gasteiger partial charge in [0.2, 0.25) is 5.95 Å². The predicted octanol–water partition coefficient (Wildman–Crippen LogP) is 3.48. The van der Waals surface area contributed by atoms with E-state index >= 15 is 0 Å². The van der Waals surface area contributed by atoms with Crippen LogP contribution in [-0.4, -0.2) is 34.8 Å². The molecule has 0 spiro atoms. The lowest BCUT2D eigenvalue weighted by Gasteiger charge is -2.38. The van der Waals surface area contributed by atoms with Gasteiger partial charge in [0, 0.05) is 23.5 Å². The minimum atomic E-state index is 0.0235. The van der Waals surface area contributed by atoms with Gasteiger partial charge in [0.1, 0.15) is 5.75 Å². The van der Waals surface area contributed by atoms with Crippen LogP contribution in [0.4, 0.5) is 11.6 Å². The van der Waals surface area contributed by atoms with Crippen LogP contribution in [0.5, 0.6) is 5.75 Å². The number of aromatic nitrogens is 2. The molecule has 150 valence electrons. The van der Waals surface area contributed by atoms with Gasteiger partial charge in [0.25, 0.3) is 5.56 Å². The number of hydrogen-bond acceptors (Lipinski definition) is 5. The zero-order valence-corrected chi connectivity index (χ0v) is 17.1. The highest BCUT2D eigenvalue weighted by atomic mass is 16.5. The van der Waals surface area contributed by atoms with Gasteiger partial charge in [-0.05, 0) is 50.1 Å². The summed E-state index contributed by atoms with van der Waals surface area (Å²) in [6.45, 7) is 5.81. The number of benzene rings is 2. The van der Waals surface area contributed by atoms with Crippen LogP contribution in [0.2, 0.25) is 0 Å². The molecule has 2 aromatic carbocycles. The highest BCUT2D eigenvalue weighted by Gasteiger charge is 2.27. The molecule has 0 unspecified atom stereocenters. The van der Waals surface area contributed by atoms with E-state index in [9.17, 15) is 4.79 Å². The van der Waals surface area contributed by atoms with Gasteiger partial charge in [-0.2, -0.15) is 0 Å². The molecule has 29 heavy (non-hydrogen) atoms. The number of ether oxygens (including phenoxy) is 1. The first-order chi connectivity index (χ1) is 14.1. The third-order valence-electron chi connectivity index (χ3n) is 5.49. The lowest BCUT2D eigenvalue weighted by atomic mass is 10.1. The number of hydrogen-bond donors (Lipinski definition) is 0. The first kappa shape index (κ1) is 19.2. The summed E-state index contributed by atoms with van der Waals surface area (Å²) in [4.78, 5) is 22.1. The Morgan fingerprint density at radius 2 is 1.72 bits per heavy atom. The Morgan fingerprint density at radius 3 is 2.41 bits per heavy atom. The lowest BCUT2D eigenvalue weighted by molar-refractivity contribution is 0.200. The Hall–Kier alpha value is -3.12. The number of fused-ring (bicyclic) bond motifs is 1. The molecular formula is C23H26N4O2. The van der Waals surface area contributed by atoms with Crippen LogP contribution in [0.25, 0.3) is 0 Å². The van der Waals surface area contributed by atoms with E-state index in [1.165, 1.54) is 5.56 Å². The molecular weight excluding hydrogens is 364 g/mol. The van der Waals surface area contributed by atoms with Crippen molar-refractivity contribution in [2.24, 2.45) is 0 Å². The highest BCUT2D eigenvalue weighted by Crippen LogP contribution is 2.29. The largest absolute Gasteiger partial charge is 0.497 e. The van der Waals surface area contributed by atoms with E-state index < -0.39 is 0 Å². The monoisotopic (exact) mass is 390 g/mol. The third-order valence-corrected chi connectivity index (χ3v) is 5.49. The minimum absolute atomic E-state index is 0.0235. The van der Waals surface area contributed by atoms with Crippen molar-refractivity contribution in [1.82, 2.24) is 14.5 Å². The van der Waals surface area contributed by atoms with Crippen LogP contribution < -0.4 is 15.2 Å². The van der Waals surface area contributed by atoms with E-state index in [1.54, 1.807) is 11.7 Å². The summed E-state index contributed by atoms with van der Waals surface area (Å²) >= 11 is 0. The fourth-order valence-corrected chi connectivity index (χ4v) is 3.62. The zero-order valence-electron chi connectivity index (χ0n) is 17.1. The normalized spacial score (nSPS) is 14.0. The standard InChI is InChI=1S/C23H26N4O2/c1-17-18(2)24-23-26(20-9-11-21(29-3)12-10-20)15-25(16-27(23)22(17)28)14-13-19-7-5-4-6-8-19/h4-12H,13-16H2,1-3H3. The van der Waals surface area contributed by atoms with Gasteiger partial charge in [-0.3, -0.25) is 19.2 Å². The highest BCUT2D eigenvalue weighted by molar-refractivity contribution is 5.59. The molecule has 0 saturated carbocycles. The van der Waals surface area contributed by atoms with Gasteiger partial charge < -0.3 is 4.74 Å². The SMILES string of the molecule is COc1ccc(N2CN(CCc3ccccc3)Cn3c2nc(C)c(C)c3=O)cc1. The Kier molecular flexibility index (Phi) is 5.36. The molecule has 0 bridgehead atoms. The van der Waals surface area contributed by atoms with Crippen molar-refractivity contribution in [3.8, 4) is 5.75 Å². The maximum Gasteiger partial charge on any atom is 0.259 e. The molecule has 4 rings (SSSR count). The molecule has 0 saturated heterocycles. The molecule has 3 aromatic rings. The van der Waals surface area contributed by atoms with E-state index in [-0.39, 0.29) is 5.56 Å². The van der Waals surface area contributed by atoms with Gasteiger partial charge in [-0.1, -0.05) is 30.3 Å². The van der Waals surface area contributed by atoms with E-state index in [4.69, 9.17) is 9.72 Å². The first-order valence-corrected chi connectivity index (χ1v) is 9.82. The number of anilines is 2. The summed E-state index contributed by atoms with van der Waals surface area (Å²) in [5, 5.41) is 0. The summed E-state index contributed by atoms with van der Waals surface area (Å²) in [6.07, 6.45) is 0.930. The summed E-state index contributed by atoms with van der Waals surface area (Å²) in [5.74, 6) is 1.50. The van der Waals surface area contributed by atoms with Crippen molar-refractivity contribution >= 4 is 11.6 Å². The minimum Gasteiger partial charge on any atom is -0.497 e. The Morgan fingerprint density at radius 1 is 1.00 bits per heavy atom. The van der Waals surface area contributed by atoms with Crippen LogP contribution >= 0.6 is 0 Å². The number of rotatable bonds is 5. The molecule has 0 fully saturated rings. The van der Waals surface area contributed by atoms with E-state index in [2.05, 4.69) is 34.1 Å². The summed E-state index contributed by atoms with van der Waals surface area (Å²) in [7, 11) is 1.66. The Labute approximate surface area is 171 Å². The van der Waals surface area contributed by atoms with Crippen LogP contribution in [0.15, 0.2) is 59.4 Å². The van der Waals surface area contributed by atoms with Crippen molar-refractivity contribution in [2.75, 3.05) is 25.2 Å². The molecule has 6 nitrogen and oxygen atoms in total. The van der Waals surface area contributed by atoms with Crippen molar-refractivity contribution in [1.29, 1.82) is 0 Å². The molecule has 1 aliphatic rings. The van der Waals surface area contributed by atoms with Gasteiger partial charge in [-0.25, -0.2) is 4.98 Å². The quantitative estimate of drug-likeness (QED) is 0.668. The molecule has 1 aliphatic heterocycles. The van der Waals surface area contributed by atoms with E-state index in [1.807, 2.05) is 44.2 Å². The second kappa shape index (κ2) is 8.09. The summed E-state index contributed by atoms with van der Waals surface area (Å²) in [6, 6.07) is 18.3. The number of aryl methyl sites for hydroxylation is 1. The van der Waals surface area contributed by atoms with Crippen LogP contribution in [0.3, 0.4) is 0 Å². The van der Waals surface area contributed by atoms with Crippen LogP contribution in [0.1, 0.15) is 16.8 Å². The lowest BCUT2D eigenvalue weighted by Crippen LogP contribution is -2.48. The molecule has 0 N–H and O–H groups in total. The van der Waals surface area contributed by atoms with Crippen molar-refractivity contribution < 1.29 is 4.74 Å². The van der Waals surface area contributed by atoms with Crippen molar-refractivity contribution in [2.45, 2.75) is 26.9 Å². The smallest absolute Gasteiger partial charge is 0.259 e. The molecule has 6 heteroatoms.